The molecule has 16 heavy (non-hydrogen) atoms. The number of rotatable bonds is 3. The molecule has 8 heteroatoms. The number of carbonyl (C=O) groups excluding carboxylic acids is 1. The maximum Gasteiger partial charge on any atom is 0.363 e. The van der Waals surface area contributed by atoms with Gasteiger partial charge in [0.25, 0.3) is 0 Å². The van der Waals surface area contributed by atoms with Crippen LogP contribution >= 0.6 is 0 Å². The molecule has 0 radical (unpaired) electrons. The van der Waals surface area contributed by atoms with Crippen LogP contribution in [0.5, 0.6) is 0 Å². The Bertz CT molecular complexity index is 337. The molecule has 7 nitrogen and oxygen atoms in total. The average molecular weight is 251 g/mol. The molecule has 0 aliphatic heterocycles. The van der Waals surface area contributed by atoms with Gasteiger partial charge < -0.3 is 11.1 Å². The lowest BCUT2D eigenvalue weighted by Crippen LogP contribution is -2.50. The van der Waals surface area contributed by atoms with Crippen molar-refractivity contribution in [2.24, 2.45) is 5.73 Å². The third-order valence-corrected chi connectivity index (χ3v) is 3.57. The monoisotopic (exact) mass is 251 g/mol. The highest BCUT2D eigenvalue weighted by Crippen LogP contribution is 2.24. The van der Waals surface area contributed by atoms with Crippen LogP contribution in [0.1, 0.15) is 32.1 Å². The Balaban J connectivity index is 2.82. The number of nitrogens with zero attached hydrogens (tertiary/aromatic N) is 1. The van der Waals surface area contributed by atoms with Gasteiger partial charge in [-0.3, -0.25) is 4.55 Å². The zero-order valence-corrected chi connectivity index (χ0v) is 9.74. The second-order valence-electron chi connectivity index (χ2n) is 3.75. The summed E-state index contributed by atoms with van der Waals surface area (Å²) in [7, 11) is -4.52. The van der Waals surface area contributed by atoms with E-state index in [0.717, 1.165) is 19.3 Å². The largest absolute Gasteiger partial charge is 0.363 e. The topological polar surface area (TPSA) is 113 Å². The Hall–Kier alpha value is -0.860. The first-order valence-electron chi connectivity index (χ1n) is 5.21. The molecule has 1 fully saturated rings. The smallest absolute Gasteiger partial charge is 0.325 e. The molecule has 1 saturated carbocycles. The van der Waals surface area contributed by atoms with Crippen LogP contribution in [0.3, 0.4) is 0 Å². The van der Waals surface area contributed by atoms with Crippen LogP contribution < -0.4 is 11.1 Å². The maximum absolute atomic E-state index is 11.5. The molecule has 0 heterocycles. The molecule has 94 valence electrons. The first kappa shape index (κ1) is 13.2. The van der Waals surface area contributed by atoms with Crippen molar-refractivity contribution in [2.75, 3.05) is 6.67 Å². The Morgan fingerprint density at radius 3 is 2.38 bits per heavy atom. The van der Waals surface area contributed by atoms with Crippen LogP contribution in [-0.4, -0.2) is 36.0 Å². The maximum atomic E-state index is 11.5. The lowest BCUT2D eigenvalue weighted by Gasteiger charge is -2.31. The fourth-order valence-electron chi connectivity index (χ4n) is 1.94. The van der Waals surface area contributed by atoms with Crippen LogP contribution in [-0.2, 0) is 10.3 Å². The highest BCUT2D eigenvalue weighted by Gasteiger charge is 2.33. The standard InChI is InChI=1S/C8H17N3O4S/c9-6-10-8(12)11(16(13,14)15)7-4-2-1-3-5-7/h7H,1-6,9H2,(H,10,12)(H,13,14,15). The summed E-state index contributed by atoms with van der Waals surface area (Å²) in [6, 6.07) is -1.33. The quantitative estimate of drug-likeness (QED) is 0.484. The minimum atomic E-state index is -4.52. The second kappa shape index (κ2) is 5.46. The summed E-state index contributed by atoms with van der Waals surface area (Å²) in [4.78, 5) is 11.5. The van der Waals surface area contributed by atoms with E-state index < -0.39 is 22.4 Å². The Morgan fingerprint density at radius 2 is 1.94 bits per heavy atom. The third kappa shape index (κ3) is 3.32. The second-order valence-corrected chi connectivity index (χ2v) is 5.04. The van der Waals surface area contributed by atoms with Gasteiger partial charge in [-0.2, -0.15) is 12.7 Å². The normalized spacial score (nSPS) is 18.1. The highest BCUT2D eigenvalue weighted by molar-refractivity contribution is 7.84. The third-order valence-electron chi connectivity index (χ3n) is 2.61. The SMILES string of the molecule is NCNC(=O)N(C1CCCCC1)S(=O)(=O)O. The molecule has 0 unspecified atom stereocenters. The van der Waals surface area contributed by atoms with E-state index in [0.29, 0.717) is 17.1 Å². The lowest BCUT2D eigenvalue weighted by molar-refractivity contribution is 0.194. The minimum Gasteiger partial charge on any atom is -0.325 e. The molecule has 2 amide bonds. The van der Waals surface area contributed by atoms with Crippen LogP contribution in [0.15, 0.2) is 0 Å². The number of hydrogen-bond acceptors (Lipinski definition) is 4. The van der Waals surface area contributed by atoms with Gasteiger partial charge in [-0.05, 0) is 12.8 Å². The molecule has 0 atom stereocenters. The fourth-order valence-corrected chi connectivity index (χ4v) is 2.80. The number of amides is 2. The first-order chi connectivity index (χ1) is 7.46. The Morgan fingerprint density at radius 1 is 1.38 bits per heavy atom. The molecule has 0 aromatic rings. The highest BCUT2D eigenvalue weighted by atomic mass is 32.2. The van der Waals surface area contributed by atoms with E-state index in [1.807, 2.05) is 0 Å². The molecule has 1 aliphatic carbocycles. The molecule has 1 aliphatic rings. The summed E-state index contributed by atoms with van der Waals surface area (Å²) in [6.07, 6.45) is 3.89. The number of nitrogens with two attached hydrogens (primary N) is 1. The molecule has 0 spiro atoms. The van der Waals surface area contributed by atoms with Crippen molar-refractivity contribution >= 4 is 16.3 Å². The summed E-state index contributed by atoms with van der Waals surface area (Å²) in [5.74, 6) is 0. The van der Waals surface area contributed by atoms with Gasteiger partial charge in [0.05, 0.1) is 12.7 Å². The zero-order valence-electron chi connectivity index (χ0n) is 8.92. The van der Waals surface area contributed by atoms with Crippen LogP contribution in [0.2, 0.25) is 0 Å². The van der Waals surface area contributed by atoms with Gasteiger partial charge in [0.1, 0.15) is 0 Å². The molecule has 0 aromatic carbocycles. The van der Waals surface area contributed by atoms with E-state index in [2.05, 4.69) is 5.32 Å². The van der Waals surface area contributed by atoms with Crippen LogP contribution in [0, 0.1) is 0 Å². The predicted molar refractivity (Wildman–Crippen MR) is 57.8 cm³/mol. The predicted octanol–water partition coefficient (Wildman–Crippen LogP) is 0.0497. The summed E-state index contributed by atoms with van der Waals surface area (Å²) < 4.78 is 31.8. The summed E-state index contributed by atoms with van der Waals surface area (Å²) in [5, 5.41) is 2.18. The summed E-state index contributed by atoms with van der Waals surface area (Å²) >= 11 is 0. The van der Waals surface area contributed by atoms with E-state index in [4.69, 9.17) is 10.3 Å². The van der Waals surface area contributed by atoms with Crippen molar-refractivity contribution in [3.8, 4) is 0 Å². The van der Waals surface area contributed by atoms with E-state index in [-0.39, 0.29) is 6.67 Å². The minimum absolute atomic E-state index is 0.169. The van der Waals surface area contributed by atoms with E-state index in [1.54, 1.807) is 0 Å². The molecule has 0 saturated heterocycles. The molecule has 4 N–H and O–H groups in total. The van der Waals surface area contributed by atoms with Crippen LogP contribution in [0.4, 0.5) is 4.79 Å². The fraction of sp³-hybridized carbons (Fsp3) is 0.875. The molecular weight excluding hydrogens is 234 g/mol. The zero-order chi connectivity index (χ0) is 12.2. The van der Waals surface area contributed by atoms with Crippen molar-refractivity contribution in [1.29, 1.82) is 0 Å². The van der Waals surface area contributed by atoms with Crippen molar-refractivity contribution < 1.29 is 17.8 Å². The van der Waals surface area contributed by atoms with Crippen LogP contribution in [0.25, 0.3) is 0 Å². The number of hydrogen-bond donors (Lipinski definition) is 3. The van der Waals surface area contributed by atoms with E-state index >= 15 is 0 Å². The van der Waals surface area contributed by atoms with Gasteiger partial charge in [-0.15, -0.1) is 0 Å². The lowest BCUT2D eigenvalue weighted by atomic mass is 9.96. The van der Waals surface area contributed by atoms with Gasteiger partial charge in [-0.1, -0.05) is 19.3 Å². The number of carbonyl (C=O) groups is 1. The molecule has 0 bridgehead atoms. The van der Waals surface area contributed by atoms with Crippen molar-refractivity contribution in [2.45, 2.75) is 38.1 Å². The Labute approximate surface area is 94.9 Å². The van der Waals surface area contributed by atoms with E-state index in [1.165, 1.54) is 0 Å². The van der Waals surface area contributed by atoms with Crippen molar-refractivity contribution in [3.05, 3.63) is 0 Å². The van der Waals surface area contributed by atoms with Gasteiger partial charge in [0.15, 0.2) is 0 Å². The Kier molecular flexibility index (Phi) is 4.51. The first-order valence-corrected chi connectivity index (χ1v) is 6.61. The molecule has 1 rings (SSSR count). The number of nitrogens with one attached hydrogen (secondary N) is 1. The average Bonchev–Trinajstić information content (AvgIpc) is 2.17. The van der Waals surface area contributed by atoms with Gasteiger partial charge in [0.2, 0.25) is 0 Å². The van der Waals surface area contributed by atoms with Gasteiger partial charge >= 0.3 is 16.3 Å². The van der Waals surface area contributed by atoms with E-state index in [9.17, 15) is 13.2 Å². The molecule has 0 aromatic heterocycles. The van der Waals surface area contributed by atoms with Crippen molar-refractivity contribution in [3.63, 3.8) is 0 Å². The summed E-state index contributed by atoms with van der Waals surface area (Å²) in [6.45, 7) is -0.169. The molecular formula is C8H17N3O4S. The van der Waals surface area contributed by atoms with Gasteiger partial charge in [-0.25, -0.2) is 4.79 Å². The number of urea groups is 1. The van der Waals surface area contributed by atoms with Crippen molar-refractivity contribution in [1.82, 2.24) is 9.62 Å². The summed E-state index contributed by atoms with van der Waals surface area (Å²) in [5.41, 5.74) is 5.10. The van der Waals surface area contributed by atoms with Gasteiger partial charge in [0, 0.05) is 0 Å².